The molecule has 0 saturated carbocycles. The van der Waals surface area contributed by atoms with Crippen molar-refractivity contribution in [1.82, 2.24) is 0 Å². The minimum Gasteiger partial charge on any atom is -0.507 e. The molecule has 0 amide bonds. The Hall–Kier alpha value is -0.980. The topological polar surface area (TPSA) is 20.2 Å². The van der Waals surface area contributed by atoms with Gasteiger partial charge in [-0.05, 0) is 25.8 Å². The summed E-state index contributed by atoms with van der Waals surface area (Å²) in [4.78, 5) is 0. The maximum absolute atomic E-state index is 9.30. The Morgan fingerprint density at radius 3 is 2.60 bits per heavy atom. The van der Waals surface area contributed by atoms with E-state index in [2.05, 4.69) is 6.58 Å². The third-order valence-electron chi connectivity index (χ3n) is 1.67. The van der Waals surface area contributed by atoms with Gasteiger partial charge in [0, 0.05) is 5.57 Å². The van der Waals surface area contributed by atoms with E-state index in [0.717, 1.165) is 17.6 Å². The van der Waals surface area contributed by atoms with Crippen molar-refractivity contribution in [3.05, 3.63) is 35.1 Å². The minimum absolute atomic E-state index is 0.366. The van der Waals surface area contributed by atoms with Crippen LogP contribution >= 0.6 is 0 Å². The highest BCUT2D eigenvalue weighted by atomic mass is 16.3. The second kappa shape index (κ2) is 2.33. The summed E-state index contributed by atoms with van der Waals surface area (Å²) in [6.07, 6.45) is 2.80. The van der Waals surface area contributed by atoms with Gasteiger partial charge in [0.05, 0.1) is 0 Å². The number of hydrogen-bond acceptors (Lipinski definition) is 1. The van der Waals surface area contributed by atoms with Crippen molar-refractivity contribution in [1.29, 1.82) is 0 Å². The minimum atomic E-state index is 0.366. The Morgan fingerprint density at radius 2 is 2.10 bits per heavy atom. The summed E-state index contributed by atoms with van der Waals surface area (Å²) in [5, 5.41) is 9.30. The molecule has 1 heteroatoms. The van der Waals surface area contributed by atoms with E-state index in [0.29, 0.717) is 5.76 Å². The lowest BCUT2D eigenvalue weighted by atomic mass is 9.96. The quantitative estimate of drug-likeness (QED) is 0.543. The average Bonchev–Trinajstić information content (AvgIpc) is 1.82. The monoisotopic (exact) mass is 136 g/mol. The highest BCUT2D eigenvalue weighted by Crippen LogP contribution is 2.24. The maximum Gasteiger partial charge on any atom is 0.121 e. The number of allylic oxidation sites excluding steroid dienone is 3. The van der Waals surface area contributed by atoms with E-state index < -0.39 is 0 Å². The van der Waals surface area contributed by atoms with Crippen LogP contribution in [0.15, 0.2) is 35.1 Å². The predicted octanol–water partition coefficient (Wildman–Crippen LogP) is 2.72. The van der Waals surface area contributed by atoms with Crippen LogP contribution < -0.4 is 0 Å². The number of aliphatic hydroxyl groups is 1. The van der Waals surface area contributed by atoms with Gasteiger partial charge < -0.3 is 5.11 Å². The van der Waals surface area contributed by atoms with Crippen LogP contribution in [0.5, 0.6) is 0 Å². The maximum atomic E-state index is 9.30. The van der Waals surface area contributed by atoms with E-state index in [1.54, 1.807) is 0 Å². The molecule has 0 unspecified atom stereocenters. The summed E-state index contributed by atoms with van der Waals surface area (Å²) < 4.78 is 0. The van der Waals surface area contributed by atoms with Gasteiger partial charge in [-0.3, -0.25) is 0 Å². The summed E-state index contributed by atoms with van der Waals surface area (Å²) in [5.41, 5.74) is 3.02. The Bertz CT molecular complexity index is 231. The zero-order chi connectivity index (χ0) is 7.72. The lowest BCUT2D eigenvalue weighted by Gasteiger charge is -2.12. The van der Waals surface area contributed by atoms with E-state index >= 15 is 0 Å². The largest absolute Gasteiger partial charge is 0.507 e. The number of aliphatic hydroxyl groups excluding tert-OH is 1. The molecule has 0 aromatic rings. The van der Waals surface area contributed by atoms with Crippen LogP contribution in [0.25, 0.3) is 0 Å². The smallest absolute Gasteiger partial charge is 0.121 e. The van der Waals surface area contributed by atoms with Crippen LogP contribution in [-0.2, 0) is 0 Å². The average molecular weight is 136 g/mol. The van der Waals surface area contributed by atoms with Crippen LogP contribution in [0.1, 0.15) is 20.3 Å². The van der Waals surface area contributed by atoms with Crippen molar-refractivity contribution in [3.63, 3.8) is 0 Å². The lowest BCUT2D eigenvalue weighted by molar-refractivity contribution is 0.416. The summed E-state index contributed by atoms with van der Waals surface area (Å²) in [7, 11) is 0. The fraction of sp³-hybridized carbons (Fsp3) is 0.333. The van der Waals surface area contributed by atoms with Gasteiger partial charge in [-0.25, -0.2) is 0 Å². The highest BCUT2D eigenvalue weighted by Gasteiger charge is 2.09. The van der Waals surface area contributed by atoms with Gasteiger partial charge in [-0.1, -0.05) is 18.2 Å². The molecule has 0 saturated heterocycles. The first-order valence-electron chi connectivity index (χ1n) is 3.36. The molecule has 1 N–H and O–H groups in total. The zero-order valence-corrected chi connectivity index (χ0v) is 6.44. The summed E-state index contributed by atoms with van der Waals surface area (Å²) in [6, 6.07) is 0. The first-order chi connectivity index (χ1) is 4.61. The first-order valence-corrected chi connectivity index (χ1v) is 3.36. The van der Waals surface area contributed by atoms with Crippen molar-refractivity contribution in [3.8, 4) is 0 Å². The highest BCUT2D eigenvalue weighted by molar-refractivity contribution is 5.42. The fourth-order valence-corrected chi connectivity index (χ4v) is 1.19. The van der Waals surface area contributed by atoms with Crippen LogP contribution in [-0.4, -0.2) is 5.11 Å². The van der Waals surface area contributed by atoms with Crippen molar-refractivity contribution >= 4 is 0 Å². The van der Waals surface area contributed by atoms with E-state index in [9.17, 15) is 5.11 Å². The van der Waals surface area contributed by atoms with Gasteiger partial charge in [-0.2, -0.15) is 0 Å². The molecule has 0 aromatic carbocycles. The van der Waals surface area contributed by atoms with Gasteiger partial charge in [0.15, 0.2) is 0 Å². The molecule has 0 aromatic heterocycles. The predicted molar refractivity (Wildman–Crippen MR) is 42.8 cm³/mol. The Kier molecular flexibility index (Phi) is 1.66. The Labute approximate surface area is 61.4 Å². The third-order valence-corrected chi connectivity index (χ3v) is 1.67. The Morgan fingerprint density at radius 1 is 1.50 bits per heavy atom. The lowest BCUT2D eigenvalue weighted by Crippen LogP contribution is -1.97. The molecule has 0 atom stereocenters. The molecule has 0 bridgehead atoms. The van der Waals surface area contributed by atoms with Crippen molar-refractivity contribution in [2.24, 2.45) is 0 Å². The number of rotatable bonds is 0. The van der Waals surface area contributed by atoms with E-state index in [1.807, 2.05) is 19.9 Å². The van der Waals surface area contributed by atoms with E-state index in [-0.39, 0.29) is 0 Å². The molecule has 1 rings (SSSR count). The molecule has 54 valence electrons. The first kappa shape index (κ1) is 7.13. The Balaban J connectivity index is 2.96. The van der Waals surface area contributed by atoms with Gasteiger partial charge in [0.25, 0.3) is 0 Å². The molecule has 10 heavy (non-hydrogen) atoms. The van der Waals surface area contributed by atoms with E-state index in [4.69, 9.17) is 0 Å². The van der Waals surface area contributed by atoms with E-state index in [1.165, 1.54) is 5.57 Å². The molecule has 1 aliphatic rings. The molecule has 0 spiro atoms. The molecule has 1 nitrogen and oxygen atoms in total. The normalized spacial score (nSPS) is 19.4. The fourth-order valence-electron chi connectivity index (χ4n) is 1.19. The van der Waals surface area contributed by atoms with Gasteiger partial charge in [0.1, 0.15) is 5.76 Å². The second-order valence-electron chi connectivity index (χ2n) is 2.82. The summed E-state index contributed by atoms with van der Waals surface area (Å²) >= 11 is 0. The van der Waals surface area contributed by atoms with Crippen LogP contribution in [0, 0.1) is 0 Å². The summed E-state index contributed by atoms with van der Waals surface area (Å²) in [5.74, 6) is 0.366. The number of hydrogen-bond donors (Lipinski definition) is 1. The summed E-state index contributed by atoms with van der Waals surface area (Å²) in [6.45, 7) is 7.68. The molecule has 0 heterocycles. The van der Waals surface area contributed by atoms with Crippen molar-refractivity contribution in [2.75, 3.05) is 0 Å². The van der Waals surface area contributed by atoms with Crippen LogP contribution in [0.3, 0.4) is 0 Å². The van der Waals surface area contributed by atoms with Crippen molar-refractivity contribution < 1.29 is 5.11 Å². The SMILES string of the molecule is C=C1C=C(C)CC(C)=C1O. The van der Waals surface area contributed by atoms with Gasteiger partial charge >= 0.3 is 0 Å². The molecular weight excluding hydrogens is 124 g/mol. The van der Waals surface area contributed by atoms with Crippen LogP contribution in [0.2, 0.25) is 0 Å². The van der Waals surface area contributed by atoms with Crippen LogP contribution in [0.4, 0.5) is 0 Å². The molecule has 0 radical (unpaired) electrons. The molecule has 1 aliphatic carbocycles. The molecule has 0 fully saturated rings. The molecular formula is C9H12O. The van der Waals surface area contributed by atoms with Gasteiger partial charge in [-0.15, -0.1) is 0 Å². The second-order valence-corrected chi connectivity index (χ2v) is 2.82. The van der Waals surface area contributed by atoms with Gasteiger partial charge in [0.2, 0.25) is 0 Å². The molecule has 0 aliphatic heterocycles. The zero-order valence-electron chi connectivity index (χ0n) is 6.44. The van der Waals surface area contributed by atoms with Crippen molar-refractivity contribution in [2.45, 2.75) is 20.3 Å². The standard InChI is InChI=1S/C9H12O/c1-6-4-7(2)9(10)8(3)5-6/h4,10H,2,5H2,1,3H3. The third kappa shape index (κ3) is 1.13.